The predicted molar refractivity (Wildman–Crippen MR) is 84.6 cm³/mol. The Morgan fingerprint density at radius 2 is 1.96 bits per heavy atom. The Hall–Kier alpha value is -2.84. The summed E-state index contributed by atoms with van der Waals surface area (Å²) in [6.07, 6.45) is 0. The molecule has 0 radical (unpaired) electrons. The molecule has 0 saturated heterocycles. The van der Waals surface area contributed by atoms with Gasteiger partial charge in [-0.05, 0) is 19.9 Å². The lowest BCUT2D eigenvalue weighted by atomic mass is 10.2. The zero-order chi connectivity index (χ0) is 18.4. The van der Waals surface area contributed by atoms with Gasteiger partial charge in [0.2, 0.25) is 11.8 Å². The van der Waals surface area contributed by atoms with E-state index in [0.29, 0.717) is 5.69 Å². The van der Waals surface area contributed by atoms with Crippen LogP contribution in [0.3, 0.4) is 0 Å². The third kappa shape index (κ3) is 5.11. The van der Waals surface area contributed by atoms with E-state index in [2.05, 4.69) is 5.32 Å². The van der Waals surface area contributed by atoms with Crippen LogP contribution in [0.25, 0.3) is 0 Å². The first kappa shape index (κ1) is 19.2. The van der Waals surface area contributed by atoms with Gasteiger partial charge in [-0.25, -0.2) is 4.79 Å². The smallest absolute Gasteiger partial charge is 0.326 e. The van der Waals surface area contributed by atoms with Crippen LogP contribution in [-0.2, 0) is 20.9 Å². The van der Waals surface area contributed by atoms with Crippen molar-refractivity contribution in [2.24, 2.45) is 0 Å². The number of carboxylic acid groups (broad SMARTS) is 1. The number of aliphatic carboxylic acids is 1. The summed E-state index contributed by atoms with van der Waals surface area (Å²) in [5.74, 6) is -2.27. The highest BCUT2D eigenvalue weighted by Gasteiger charge is 2.25. The van der Waals surface area contributed by atoms with E-state index in [1.165, 1.54) is 19.9 Å². The lowest BCUT2D eigenvalue weighted by Gasteiger charge is -2.27. The monoisotopic (exact) mass is 339 g/mol. The number of aromatic hydroxyl groups is 1. The minimum Gasteiger partial charge on any atom is -0.508 e. The van der Waals surface area contributed by atoms with Crippen molar-refractivity contribution in [3.8, 4) is 5.75 Å². The highest BCUT2D eigenvalue weighted by Crippen LogP contribution is 2.08. The largest absolute Gasteiger partial charge is 0.508 e. The second kappa shape index (κ2) is 8.14. The average Bonchev–Trinajstić information content (AvgIpc) is 2.46. The van der Waals surface area contributed by atoms with Crippen molar-refractivity contribution in [3.63, 3.8) is 0 Å². The number of rotatable bonds is 7. The van der Waals surface area contributed by atoms with Gasteiger partial charge >= 0.3 is 5.97 Å². The highest BCUT2D eigenvalue weighted by molar-refractivity contribution is 5.83. The molecule has 1 atom stereocenters. The van der Waals surface area contributed by atoms with Gasteiger partial charge in [-0.3, -0.25) is 14.4 Å². The lowest BCUT2D eigenvalue weighted by Crippen LogP contribution is -2.48. The number of amides is 2. The fourth-order valence-corrected chi connectivity index (χ4v) is 2.16. The summed E-state index contributed by atoms with van der Waals surface area (Å²) in [6, 6.07) is 1.19. The topological polar surface area (TPSA) is 129 Å². The first-order valence-corrected chi connectivity index (χ1v) is 7.30. The van der Waals surface area contributed by atoms with E-state index in [1.54, 1.807) is 6.92 Å². The molecule has 9 nitrogen and oxygen atoms in total. The van der Waals surface area contributed by atoms with Crippen LogP contribution in [0.5, 0.6) is 5.75 Å². The number of nitrogens with zero attached hydrogens (tertiary/aromatic N) is 2. The van der Waals surface area contributed by atoms with Crippen molar-refractivity contribution >= 4 is 17.8 Å². The molecule has 1 unspecified atom stereocenters. The van der Waals surface area contributed by atoms with Crippen molar-refractivity contribution in [2.45, 2.75) is 33.4 Å². The van der Waals surface area contributed by atoms with Crippen LogP contribution in [-0.4, -0.2) is 56.6 Å². The molecule has 1 aromatic heterocycles. The summed E-state index contributed by atoms with van der Waals surface area (Å²) in [4.78, 5) is 47.5. The minimum atomic E-state index is -1.19. The van der Waals surface area contributed by atoms with Crippen molar-refractivity contribution in [3.05, 3.63) is 28.2 Å². The van der Waals surface area contributed by atoms with Gasteiger partial charge in [-0.15, -0.1) is 0 Å². The Morgan fingerprint density at radius 3 is 2.46 bits per heavy atom. The molecule has 0 aliphatic carbocycles. The maximum Gasteiger partial charge on any atom is 0.326 e. The quantitative estimate of drug-likeness (QED) is 0.602. The Bertz CT molecular complexity index is 697. The number of aryl methyl sites for hydroxylation is 1. The Balaban J connectivity index is 2.97. The molecule has 1 heterocycles. The van der Waals surface area contributed by atoms with Crippen LogP contribution in [0.1, 0.15) is 19.5 Å². The van der Waals surface area contributed by atoms with E-state index in [1.807, 2.05) is 0 Å². The molecular weight excluding hydrogens is 318 g/mol. The van der Waals surface area contributed by atoms with Crippen molar-refractivity contribution < 1.29 is 24.6 Å². The number of carbonyl (C=O) groups excluding carboxylic acids is 2. The van der Waals surface area contributed by atoms with Crippen LogP contribution in [0.15, 0.2) is 16.9 Å². The van der Waals surface area contributed by atoms with Crippen LogP contribution >= 0.6 is 0 Å². The Kier molecular flexibility index (Phi) is 6.51. The van der Waals surface area contributed by atoms with E-state index >= 15 is 0 Å². The summed E-state index contributed by atoms with van der Waals surface area (Å²) < 4.78 is 1.14. The van der Waals surface area contributed by atoms with Gasteiger partial charge in [0, 0.05) is 31.8 Å². The lowest BCUT2D eigenvalue weighted by molar-refractivity contribution is -0.149. The van der Waals surface area contributed by atoms with Crippen LogP contribution in [0.4, 0.5) is 0 Å². The average molecular weight is 339 g/mol. The maximum absolute atomic E-state index is 12.5. The summed E-state index contributed by atoms with van der Waals surface area (Å²) in [5.41, 5.74) is -0.191. The SMILES string of the molecule is CC(=O)NCCN(C(=O)Cn1c(C)cc(O)cc1=O)C(C)C(=O)O. The molecule has 0 bridgehead atoms. The fourth-order valence-electron chi connectivity index (χ4n) is 2.16. The molecule has 3 N–H and O–H groups in total. The molecule has 24 heavy (non-hydrogen) atoms. The van der Waals surface area contributed by atoms with Gasteiger partial charge < -0.3 is 25.0 Å². The van der Waals surface area contributed by atoms with E-state index in [-0.39, 0.29) is 31.3 Å². The van der Waals surface area contributed by atoms with Crippen molar-refractivity contribution in [1.82, 2.24) is 14.8 Å². The minimum absolute atomic E-state index is 0.00222. The summed E-state index contributed by atoms with van der Waals surface area (Å²) in [6.45, 7) is 3.95. The molecule has 2 amide bonds. The van der Waals surface area contributed by atoms with Gasteiger partial charge in [0.05, 0.1) is 0 Å². The van der Waals surface area contributed by atoms with Gasteiger partial charge in [0.15, 0.2) is 0 Å². The summed E-state index contributed by atoms with van der Waals surface area (Å²) >= 11 is 0. The van der Waals surface area contributed by atoms with E-state index in [9.17, 15) is 24.3 Å². The molecule has 1 rings (SSSR count). The molecule has 0 saturated carbocycles. The van der Waals surface area contributed by atoms with E-state index in [4.69, 9.17) is 5.11 Å². The summed E-state index contributed by atoms with van der Waals surface area (Å²) in [5, 5.41) is 21.0. The number of hydrogen-bond acceptors (Lipinski definition) is 5. The first-order valence-electron chi connectivity index (χ1n) is 7.30. The second-order valence-corrected chi connectivity index (χ2v) is 5.36. The number of aromatic nitrogens is 1. The van der Waals surface area contributed by atoms with Crippen LogP contribution in [0, 0.1) is 6.92 Å². The van der Waals surface area contributed by atoms with Crippen molar-refractivity contribution in [2.75, 3.05) is 13.1 Å². The highest BCUT2D eigenvalue weighted by atomic mass is 16.4. The van der Waals surface area contributed by atoms with Gasteiger partial charge in [0.1, 0.15) is 18.3 Å². The zero-order valence-corrected chi connectivity index (χ0v) is 13.8. The molecule has 0 aliphatic rings. The third-order valence-electron chi connectivity index (χ3n) is 3.49. The molecule has 9 heteroatoms. The Morgan fingerprint density at radius 1 is 1.33 bits per heavy atom. The molecule has 132 valence electrons. The van der Waals surface area contributed by atoms with Gasteiger partial charge in [0.25, 0.3) is 5.56 Å². The summed E-state index contributed by atoms with van der Waals surface area (Å²) in [7, 11) is 0. The third-order valence-corrected chi connectivity index (χ3v) is 3.49. The van der Waals surface area contributed by atoms with E-state index in [0.717, 1.165) is 15.5 Å². The van der Waals surface area contributed by atoms with Gasteiger partial charge in [-0.2, -0.15) is 0 Å². The zero-order valence-electron chi connectivity index (χ0n) is 13.8. The number of nitrogens with one attached hydrogen (secondary N) is 1. The molecule has 0 fully saturated rings. The van der Waals surface area contributed by atoms with Crippen LogP contribution < -0.4 is 10.9 Å². The second-order valence-electron chi connectivity index (χ2n) is 5.36. The first-order chi connectivity index (χ1) is 11.1. The number of carboxylic acids is 1. The maximum atomic E-state index is 12.5. The van der Waals surface area contributed by atoms with E-state index < -0.39 is 23.5 Å². The van der Waals surface area contributed by atoms with Crippen molar-refractivity contribution in [1.29, 1.82) is 0 Å². The Labute approximate surface area is 138 Å². The predicted octanol–water partition coefficient (Wildman–Crippen LogP) is -0.700. The molecule has 0 aliphatic heterocycles. The number of carbonyl (C=O) groups is 3. The molecule has 0 aromatic carbocycles. The molecule has 0 spiro atoms. The number of hydrogen-bond donors (Lipinski definition) is 3. The molecular formula is C15H21N3O6. The number of pyridine rings is 1. The fraction of sp³-hybridized carbons (Fsp3) is 0.467. The standard InChI is InChI=1S/C15H21N3O6/c1-9-6-12(20)7-13(21)18(9)8-14(22)17(10(2)15(23)24)5-4-16-11(3)19/h6-7,10,20H,4-5,8H2,1-3H3,(H,16,19)(H,23,24). The van der Waals surface area contributed by atoms with Gasteiger partial charge in [-0.1, -0.05) is 0 Å². The molecule has 1 aromatic rings. The van der Waals surface area contributed by atoms with Crippen LogP contribution in [0.2, 0.25) is 0 Å². The normalized spacial score (nSPS) is 11.6.